The van der Waals surface area contributed by atoms with Crippen LogP contribution in [0.5, 0.6) is 0 Å². The average molecular weight is 249 g/mol. The van der Waals surface area contributed by atoms with Crippen LogP contribution in [0.2, 0.25) is 0 Å². The third-order valence-corrected chi connectivity index (χ3v) is 4.10. The zero-order valence-corrected chi connectivity index (χ0v) is 11.1. The quantitative estimate of drug-likeness (QED) is 0.765. The van der Waals surface area contributed by atoms with Gasteiger partial charge in [0.25, 0.3) is 0 Å². The molecule has 1 aliphatic heterocycles. The molecule has 0 aliphatic carbocycles. The minimum Gasteiger partial charge on any atom is -0.294 e. The maximum atomic E-state index is 12.1. The Balaban J connectivity index is 1.93. The molecule has 1 aliphatic rings. The molecule has 0 spiro atoms. The van der Waals surface area contributed by atoms with Crippen molar-refractivity contribution < 1.29 is 4.79 Å². The molecule has 0 saturated carbocycles. The number of ketones is 1. The van der Waals surface area contributed by atoms with Crippen molar-refractivity contribution in [3.8, 4) is 0 Å². The fraction of sp³-hybridized carbons (Fsp3) is 0.500. The normalized spacial score (nSPS) is 17.0. The van der Waals surface area contributed by atoms with Crippen LogP contribution in [0.1, 0.15) is 22.8 Å². The predicted molar refractivity (Wildman–Crippen MR) is 73.9 cm³/mol. The lowest BCUT2D eigenvalue weighted by Gasteiger charge is -2.25. The molecule has 0 unspecified atom stereocenters. The Bertz CT molecular complexity index is 368. The maximum Gasteiger partial charge on any atom is 0.176 e. The van der Waals surface area contributed by atoms with E-state index in [-0.39, 0.29) is 5.78 Å². The van der Waals surface area contributed by atoms with E-state index in [2.05, 4.69) is 24.0 Å². The molecule has 0 radical (unpaired) electrons. The topological polar surface area (TPSA) is 20.3 Å². The van der Waals surface area contributed by atoms with Gasteiger partial charge in [0.15, 0.2) is 5.78 Å². The Labute approximate surface area is 107 Å². The van der Waals surface area contributed by atoms with Crippen molar-refractivity contribution in [2.45, 2.75) is 13.3 Å². The molecule has 0 bridgehead atoms. The molecule has 1 saturated heterocycles. The molecule has 1 heterocycles. The van der Waals surface area contributed by atoms with Crippen molar-refractivity contribution in [3.63, 3.8) is 0 Å². The number of carbonyl (C=O) groups excluding carboxylic acids is 1. The summed E-state index contributed by atoms with van der Waals surface area (Å²) in [4.78, 5) is 14.3. The van der Waals surface area contributed by atoms with E-state index in [4.69, 9.17) is 0 Å². The molecule has 2 nitrogen and oxygen atoms in total. The lowest BCUT2D eigenvalue weighted by Crippen LogP contribution is -2.36. The van der Waals surface area contributed by atoms with E-state index in [1.54, 1.807) is 0 Å². The molecule has 0 aromatic heterocycles. The maximum absolute atomic E-state index is 12.1. The van der Waals surface area contributed by atoms with Crippen LogP contribution in [0.4, 0.5) is 0 Å². The van der Waals surface area contributed by atoms with Crippen molar-refractivity contribution in [1.29, 1.82) is 0 Å². The van der Waals surface area contributed by atoms with E-state index in [1.165, 1.54) is 5.56 Å². The van der Waals surface area contributed by atoms with Gasteiger partial charge in [0, 0.05) is 30.2 Å². The van der Waals surface area contributed by atoms with Crippen LogP contribution in [0.3, 0.4) is 0 Å². The van der Waals surface area contributed by atoms with Crippen LogP contribution in [-0.4, -0.2) is 41.8 Å². The summed E-state index contributed by atoms with van der Waals surface area (Å²) in [6.45, 7) is 4.79. The Morgan fingerprint density at radius 3 is 2.47 bits per heavy atom. The van der Waals surface area contributed by atoms with Crippen LogP contribution < -0.4 is 0 Å². The average Bonchev–Trinajstić information content (AvgIpc) is 2.40. The van der Waals surface area contributed by atoms with Gasteiger partial charge in [-0.25, -0.2) is 0 Å². The molecular formula is C14H19NOS. The van der Waals surface area contributed by atoms with Crippen LogP contribution in [0, 0.1) is 0 Å². The first kappa shape index (κ1) is 12.7. The highest BCUT2D eigenvalue weighted by atomic mass is 32.2. The monoisotopic (exact) mass is 249 g/mol. The Hall–Kier alpha value is -0.800. The fourth-order valence-corrected chi connectivity index (χ4v) is 2.96. The van der Waals surface area contributed by atoms with Gasteiger partial charge in [-0.1, -0.05) is 31.2 Å². The lowest BCUT2D eigenvalue weighted by atomic mass is 10.1. The van der Waals surface area contributed by atoms with Gasteiger partial charge in [0.05, 0.1) is 6.54 Å². The van der Waals surface area contributed by atoms with Crippen LogP contribution in [-0.2, 0) is 6.42 Å². The second kappa shape index (κ2) is 6.22. The van der Waals surface area contributed by atoms with Crippen molar-refractivity contribution in [1.82, 2.24) is 4.90 Å². The van der Waals surface area contributed by atoms with E-state index in [9.17, 15) is 4.79 Å². The van der Waals surface area contributed by atoms with Gasteiger partial charge >= 0.3 is 0 Å². The highest BCUT2D eigenvalue weighted by molar-refractivity contribution is 7.99. The van der Waals surface area contributed by atoms with Gasteiger partial charge in [0.2, 0.25) is 0 Å². The summed E-state index contributed by atoms with van der Waals surface area (Å²) in [5.41, 5.74) is 2.14. The number of benzene rings is 1. The predicted octanol–water partition coefficient (Wildman–Crippen LogP) is 2.48. The molecule has 3 heteroatoms. The molecule has 17 heavy (non-hydrogen) atoms. The van der Waals surface area contributed by atoms with Crippen LogP contribution in [0.25, 0.3) is 0 Å². The number of hydrogen-bond acceptors (Lipinski definition) is 3. The Kier molecular flexibility index (Phi) is 4.63. The lowest BCUT2D eigenvalue weighted by molar-refractivity contribution is 0.0937. The van der Waals surface area contributed by atoms with Crippen LogP contribution >= 0.6 is 11.8 Å². The van der Waals surface area contributed by atoms with Crippen molar-refractivity contribution in [3.05, 3.63) is 35.4 Å². The highest BCUT2D eigenvalue weighted by Gasteiger charge is 2.15. The summed E-state index contributed by atoms with van der Waals surface area (Å²) in [6.07, 6.45) is 1.03. The summed E-state index contributed by atoms with van der Waals surface area (Å²) in [7, 11) is 0. The summed E-state index contributed by atoms with van der Waals surface area (Å²) >= 11 is 1.97. The fourth-order valence-electron chi connectivity index (χ4n) is 1.98. The van der Waals surface area contributed by atoms with Gasteiger partial charge in [0.1, 0.15) is 0 Å². The van der Waals surface area contributed by atoms with Crippen molar-refractivity contribution in [2.24, 2.45) is 0 Å². The first-order valence-corrected chi connectivity index (χ1v) is 7.37. The minimum absolute atomic E-state index is 0.250. The SMILES string of the molecule is CCc1ccc(C(=O)CN2CCSCC2)cc1. The standard InChI is InChI=1S/C14H19NOS/c1-2-12-3-5-13(6-4-12)14(16)11-15-7-9-17-10-8-15/h3-6H,2,7-11H2,1H3. The third-order valence-electron chi connectivity index (χ3n) is 3.16. The van der Waals surface area contributed by atoms with E-state index < -0.39 is 0 Å². The molecule has 1 aromatic carbocycles. The number of carbonyl (C=O) groups is 1. The summed E-state index contributed by atoms with van der Waals surface area (Å²) in [6, 6.07) is 8.03. The van der Waals surface area contributed by atoms with E-state index in [0.29, 0.717) is 6.54 Å². The molecule has 92 valence electrons. The van der Waals surface area contributed by atoms with Gasteiger partial charge in [-0.15, -0.1) is 0 Å². The largest absolute Gasteiger partial charge is 0.294 e. The zero-order valence-electron chi connectivity index (χ0n) is 10.3. The molecule has 0 amide bonds. The third kappa shape index (κ3) is 3.58. The van der Waals surface area contributed by atoms with Gasteiger partial charge in [-0.3, -0.25) is 9.69 Å². The summed E-state index contributed by atoms with van der Waals surface area (Å²) < 4.78 is 0. The number of hydrogen-bond donors (Lipinski definition) is 0. The Morgan fingerprint density at radius 1 is 1.24 bits per heavy atom. The van der Waals surface area contributed by atoms with Gasteiger partial charge in [-0.05, 0) is 12.0 Å². The molecule has 1 aromatic rings. The van der Waals surface area contributed by atoms with Crippen molar-refractivity contribution in [2.75, 3.05) is 31.1 Å². The second-order valence-corrected chi connectivity index (χ2v) is 5.59. The van der Waals surface area contributed by atoms with Gasteiger partial charge in [-0.2, -0.15) is 11.8 Å². The molecule has 1 fully saturated rings. The molecule has 2 rings (SSSR count). The van der Waals surface area contributed by atoms with Crippen molar-refractivity contribution >= 4 is 17.5 Å². The minimum atomic E-state index is 0.250. The second-order valence-electron chi connectivity index (χ2n) is 4.36. The number of Topliss-reactive ketones (excluding diaryl/α,β-unsaturated/α-hetero) is 1. The number of rotatable bonds is 4. The molecule has 0 N–H and O–H groups in total. The first-order chi connectivity index (χ1) is 8.29. The zero-order chi connectivity index (χ0) is 12.1. The number of aryl methyl sites for hydroxylation is 1. The summed E-state index contributed by atoms with van der Waals surface area (Å²) in [5, 5.41) is 0. The van der Waals surface area contributed by atoms with Crippen LogP contribution in [0.15, 0.2) is 24.3 Å². The van der Waals surface area contributed by atoms with Gasteiger partial charge < -0.3 is 0 Å². The smallest absolute Gasteiger partial charge is 0.176 e. The summed E-state index contributed by atoms with van der Waals surface area (Å²) in [5.74, 6) is 2.56. The number of thioether (sulfide) groups is 1. The van der Waals surface area contributed by atoms with E-state index in [0.717, 1.165) is 36.6 Å². The molecular weight excluding hydrogens is 230 g/mol. The number of nitrogens with zero attached hydrogens (tertiary/aromatic N) is 1. The van der Waals surface area contributed by atoms with E-state index in [1.807, 2.05) is 23.9 Å². The highest BCUT2D eigenvalue weighted by Crippen LogP contribution is 2.11. The first-order valence-electron chi connectivity index (χ1n) is 6.22. The molecule has 0 atom stereocenters. The van der Waals surface area contributed by atoms with E-state index >= 15 is 0 Å². The Morgan fingerprint density at radius 2 is 1.88 bits per heavy atom.